The minimum atomic E-state index is 0.0536. The van der Waals surface area contributed by atoms with Crippen LogP contribution >= 0.6 is 0 Å². The molecule has 7 aromatic rings. The van der Waals surface area contributed by atoms with Crippen LogP contribution in [0, 0.1) is 0 Å². The minimum absolute atomic E-state index is 0.0536. The van der Waals surface area contributed by atoms with Crippen molar-refractivity contribution in [1.82, 2.24) is 18.7 Å². The highest BCUT2D eigenvalue weighted by atomic mass is 15.2. The molecule has 4 nitrogen and oxygen atoms in total. The maximum Gasteiger partial charge on any atom is 0.236 e. The standard InChI is InChI=1S/C35H23N4/c1-2-10-23(11-3-1)38-29-15-5-4-13-25(29)27-19-20-28-26-14-8-18-32-33(26)39(35(28)34(27)38)31-17-7-6-16-30(31)37(32)24-12-9-21-36-22-24/h1-22,31H/q+1. The lowest BCUT2D eigenvalue weighted by Crippen LogP contribution is -2.30. The lowest BCUT2D eigenvalue weighted by Gasteiger charge is -2.24. The molecule has 0 bridgehead atoms. The van der Waals surface area contributed by atoms with Crippen molar-refractivity contribution in [2.75, 3.05) is 0 Å². The molecule has 1 aliphatic heterocycles. The van der Waals surface area contributed by atoms with Gasteiger partial charge in [0.1, 0.15) is 11.6 Å². The van der Waals surface area contributed by atoms with E-state index < -0.39 is 0 Å². The second-order valence-corrected chi connectivity index (χ2v) is 10.2. The van der Waals surface area contributed by atoms with Gasteiger partial charge in [-0.1, -0.05) is 78.9 Å². The summed E-state index contributed by atoms with van der Waals surface area (Å²) in [5.41, 5.74) is 9.64. The summed E-state index contributed by atoms with van der Waals surface area (Å²) >= 11 is 0. The molecule has 4 heteroatoms. The normalized spacial score (nSPS) is 16.2. The van der Waals surface area contributed by atoms with Crippen LogP contribution in [0.25, 0.3) is 49.3 Å². The molecule has 9 rings (SSSR count). The maximum atomic E-state index is 4.46. The highest BCUT2D eigenvalue weighted by Gasteiger charge is 2.38. The van der Waals surface area contributed by atoms with E-state index in [-0.39, 0.29) is 6.04 Å². The van der Waals surface area contributed by atoms with Crippen LogP contribution in [0.4, 0.5) is 11.4 Å². The molecule has 0 amide bonds. The number of para-hydroxylation sites is 3. The first kappa shape index (κ1) is 20.8. The van der Waals surface area contributed by atoms with Crippen LogP contribution in [0.5, 0.6) is 0 Å². The van der Waals surface area contributed by atoms with E-state index in [2.05, 4.69) is 134 Å². The van der Waals surface area contributed by atoms with Gasteiger partial charge in [-0.25, -0.2) is 0 Å². The summed E-state index contributed by atoms with van der Waals surface area (Å²) in [5, 5.41) is 5.08. The monoisotopic (exact) mass is 499 g/mol. The van der Waals surface area contributed by atoms with Crippen LogP contribution in [-0.2, 0) is 0 Å². The first-order valence-electron chi connectivity index (χ1n) is 13.4. The molecule has 182 valence electrons. The topological polar surface area (TPSA) is 25.8 Å². The lowest BCUT2D eigenvalue weighted by atomic mass is 10.0. The minimum Gasteiger partial charge on any atom is -0.316 e. The first-order chi connectivity index (χ1) is 19.4. The third-order valence-electron chi connectivity index (χ3n) is 8.27. The smallest absolute Gasteiger partial charge is 0.236 e. The van der Waals surface area contributed by atoms with E-state index in [0.29, 0.717) is 0 Å². The highest BCUT2D eigenvalue weighted by Crippen LogP contribution is 2.46. The summed E-state index contributed by atoms with van der Waals surface area (Å²) in [7, 11) is 0. The fourth-order valence-electron chi connectivity index (χ4n) is 6.78. The molecule has 0 N–H and O–H groups in total. The lowest BCUT2D eigenvalue weighted by molar-refractivity contribution is 0.781. The average molecular weight is 500 g/mol. The second kappa shape index (κ2) is 7.65. The van der Waals surface area contributed by atoms with Crippen molar-refractivity contribution in [3.8, 4) is 5.69 Å². The van der Waals surface area contributed by atoms with E-state index in [9.17, 15) is 0 Å². The number of aromatic nitrogens is 3. The van der Waals surface area contributed by atoms with Crippen molar-refractivity contribution in [2.45, 2.75) is 6.04 Å². The molecule has 1 atom stereocenters. The van der Waals surface area contributed by atoms with Crippen molar-refractivity contribution in [3.05, 3.63) is 134 Å². The highest BCUT2D eigenvalue weighted by molar-refractivity contribution is 6.26. The van der Waals surface area contributed by atoms with E-state index in [4.69, 9.17) is 0 Å². The molecule has 3 aromatic heterocycles. The largest absolute Gasteiger partial charge is 0.316 e. The Balaban J connectivity index is 1.52. The van der Waals surface area contributed by atoms with Gasteiger partial charge in [0.25, 0.3) is 0 Å². The Morgan fingerprint density at radius 2 is 1.44 bits per heavy atom. The summed E-state index contributed by atoms with van der Waals surface area (Å²) < 4.78 is 7.40. The summed E-state index contributed by atoms with van der Waals surface area (Å²) in [4.78, 5) is 4.46. The zero-order valence-corrected chi connectivity index (χ0v) is 21.1. The number of pyridine rings is 1. The summed E-state index contributed by atoms with van der Waals surface area (Å²) in [6, 6.07) is 35.1. The molecule has 0 fully saturated rings. The zero-order valence-electron chi connectivity index (χ0n) is 21.1. The van der Waals surface area contributed by atoms with Crippen LogP contribution in [0.2, 0.25) is 0 Å². The Kier molecular flexibility index (Phi) is 4.08. The van der Waals surface area contributed by atoms with Gasteiger partial charge in [0.05, 0.1) is 22.7 Å². The Morgan fingerprint density at radius 3 is 2.31 bits per heavy atom. The van der Waals surface area contributed by atoms with Gasteiger partial charge in [-0.05, 0) is 24.3 Å². The second-order valence-electron chi connectivity index (χ2n) is 10.2. The molecule has 0 saturated carbocycles. The van der Waals surface area contributed by atoms with Crippen molar-refractivity contribution in [1.29, 1.82) is 0 Å². The fraction of sp³-hybridized carbons (Fsp3) is 0.0286. The van der Waals surface area contributed by atoms with E-state index >= 15 is 0 Å². The summed E-state index contributed by atoms with van der Waals surface area (Å²) in [6.45, 7) is 0. The summed E-state index contributed by atoms with van der Waals surface area (Å²) in [5.74, 6) is 0. The van der Waals surface area contributed by atoms with Gasteiger partial charge in [-0.2, -0.15) is 4.58 Å². The number of hydrogen-bond acceptors (Lipinski definition) is 1. The molecule has 4 heterocycles. The molecular weight excluding hydrogens is 476 g/mol. The molecule has 4 aromatic carbocycles. The van der Waals surface area contributed by atoms with Crippen molar-refractivity contribution in [2.24, 2.45) is 0 Å². The fourth-order valence-corrected chi connectivity index (χ4v) is 6.78. The van der Waals surface area contributed by atoms with E-state index in [1.807, 2.05) is 18.5 Å². The third-order valence-corrected chi connectivity index (χ3v) is 8.27. The molecular formula is C35H23N4+. The van der Waals surface area contributed by atoms with Crippen LogP contribution in [-0.4, -0.2) is 19.8 Å². The van der Waals surface area contributed by atoms with E-state index in [1.165, 1.54) is 60.7 Å². The molecule has 1 unspecified atom stereocenters. The van der Waals surface area contributed by atoms with Crippen LogP contribution in [0.15, 0.2) is 134 Å². The van der Waals surface area contributed by atoms with E-state index in [0.717, 1.165) is 5.69 Å². The quantitative estimate of drug-likeness (QED) is 0.220. The molecule has 0 radical (unpaired) electrons. The van der Waals surface area contributed by atoms with Crippen molar-refractivity contribution in [3.63, 3.8) is 0 Å². The summed E-state index contributed by atoms with van der Waals surface area (Å²) in [6.07, 6.45) is 12.7. The number of allylic oxidation sites excluding steroid dienone is 4. The Hall–Kier alpha value is -5.22. The van der Waals surface area contributed by atoms with Crippen LogP contribution < -0.4 is 4.58 Å². The average Bonchev–Trinajstić information content (AvgIpc) is 3.53. The van der Waals surface area contributed by atoms with Gasteiger partial charge in [-0.15, -0.1) is 0 Å². The molecule has 2 aliphatic rings. The van der Waals surface area contributed by atoms with Gasteiger partial charge in [0, 0.05) is 51.6 Å². The number of hydrogen-bond donors (Lipinski definition) is 0. The Labute approximate surface area is 224 Å². The Bertz CT molecular complexity index is 2210. The van der Waals surface area contributed by atoms with Crippen LogP contribution in [0.1, 0.15) is 6.04 Å². The Morgan fingerprint density at radius 1 is 0.641 bits per heavy atom. The number of fused-ring (bicyclic) bond motifs is 9. The number of rotatable bonds is 2. The zero-order chi connectivity index (χ0) is 25.5. The van der Waals surface area contributed by atoms with E-state index in [1.54, 1.807) is 0 Å². The predicted molar refractivity (Wildman–Crippen MR) is 162 cm³/mol. The van der Waals surface area contributed by atoms with Gasteiger partial charge in [0.15, 0.2) is 0 Å². The third kappa shape index (κ3) is 2.67. The molecule has 1 aliphatic carbocycles. The molecule has 0 spiro atoms. The maximum absolute atomic E-state index is 4.46. The van der Waals surface area contributed by atoms with Crippen LogP contribution in [0.3, 0.4) is 0 Å². The number of nitrogens with zero attached hydrogens (tertiary/aromatic N) is 4. The predicted octanol–water partition coefficient (Wildman–Crippen LogP) is 8.24. The van der Waals surface area contributed by atoms with Crippen molar-refractivity contribution < 1.29 is 0 Å². The molecule has 0 saturated heterocycles. The van der Waals surface area contributed by atoms with Gasteiger partial charge in [0.2, 0.25) is 17.1 Å². The van der Waals surface area contributed by atoms with Gasteiger partial charge in [-0.3, -0.25) is 4.98 Å². The first-order valence-corrected chi connectivity index (χ1v) is 13.4. The molecule has 39 heavy (non-hydrogen) atoms. The van der Waals surface area contributed by atoms with Gasteiger partial charge >= 0.3 is 0 Å². The van der Waals surface area contributed by atoms with Gasteiger partial charge < -0.3 is 9.13 Å². The van der Waals surface area contributed by atoms with Crippen molar-refractivity contribution >= 4 is 60.7 Å². The SMILES string of the molecule is C1=CC2=[N+](c3cccnc3)c3cccc4c5ccc6c7ccccc7n(-c7ccccc7)c6c5n(c34)C2C=C1. The number of benzene rings is 4.